The van der Waals surface area contributed by atoms with Crippen molar-refractivity contribution >= 4 is 17.3 Å². The molecule has 0 atom stereocenters. The molecule has 1 heterocycles. The molecule has 3 rings (SSSR count). The smallest absolute Gasteiger partial charge is 0.271 e. The highest BCUT2D eigenvalue weighted by atomic mass is 16.6. The van der Waals surface area contributed by atoms with Crippen molar-refractivity contribution in [3.05, 3.63) is 63.2 Å². The first-order chi connectivity index (χ1) is 11.5. The molecule has 0 unspecified atom stereocenters. The molecule has 1 aliphatic rings. The maximum Gasteiger partial charge on any atom is 0.271 e. The number of rotatable bonds is 4. The zero-order valence-corrected chi connectivity index (χ0v) is 13.6. The summed E-state index contributed by atoms with van der Waals surface area (Å²) >= 11 is 0. The third kappa shape index (κ3) is 3.08. The fraction of sp³-hybridized carbons (Fsp3) is 0.278. The van der Waals surface area contributed by atoms with Gasteiger partial charge in [-0.25, -0.2) is 0 Å². The van der Waals surface area contributed by atoms with Crippen molar-refractivity contribution < 1.29 is 14.5 Å². The van der Waals surface area contributed by atoms with Gasteiger partial charge in [-0.2, -0.15) is 0 Å². The van der Waals surface area contributed by atoms with Crippen LogP contribution in [0, 0.1) is 24.0 Å². The Morgan fingerprint density at radius 3 is 2.79 bits per heavy atom. The van der Waals surface area contributed by atoms with Crippen molar-refractivity contribution in [3.63, 3.8) is 0 Å². The second-order valence-corrected chi connectivity index (χ2v) is 5.92. The van der Waals surface area contributed by atoms with E-state index in [-0.39, 0.29) is 18.2 Å². The highest BCUT2D eigenvalue weighted by Gasteiger charge is 2.27. The highest BCUT2D eigenvalue weighted by Crippen LogP contribution is 2.31. The Balaban J connectivity index is 1.75. The summed E-state index contributed by atoms with van der Waals surface area (Å²) in [5, 5.41) is 10.9. The van der Waals surface area contributed by atoms with Crippen LogP contribution in [0.5, 0.6) is 5.75 Å². The largest absolute Gasteiger partial charge is 0.483 e. The molecular formula is C18H18N2O4. The molecule has 6 heteroatoms. The molecule has 0 N–H and O–H groups in total. The summed E-state index contributed by atoms with van der Waals surface area (Å²) in [6.07, 6.45) is 0.697. The van der Waals surface area contributed by atoms with Crippen LogP contribution in [-0.4, -0.2) is 24.0 Å². The Hall–Kier alpha value is -2.89. The molecular weight excluding hydrogens is 308 g/mol. The number of non-ortho nitro benzene ring substituents is 1. The number of anilines is 1. The number of hydrogen-bond acceptors (Lipinski definition) is 4. The molecule has 0 fully saturated rings. The van der Waals surface area contributed by atoms with Gasteiger partial charge in [0.05, 0.1) is 10.6 Å². The molecule has 0 aromatic heterocycles. The predicted molar refractivity (Wildman–Crippen MR) is 90.6 cm³/mol. The standard InChI is InChI=1S/C18H18N2O4/c1-12-3-4-13(2)17(9-12)24-11-18(21)19-8-7-14-5-6-15(20(22)23)10-16(14)19/h3-6,9-10H,7-8,11H2,1-2H3. The normalized spacial score (nSPS) is 12.8. The van der Waals surface area contributed by atoms with Crippen LogP contribution in [-0.2, 0) is 11.2 Å². The maximum atomic E-state index is 12.5. The van der Waals surface area contributed by atoms with Gasteiger partial charge in [0.25, 0.3) is 11.6 Å². The SMILES string of the molecule is Cc1ccc(C)c(OCC(=O)N2CCc3ccc([N+](=O)[O-])cc32)c1. The highest BCUT2D eigenvalue weighted by molar-refractivity contribution is 5.96. The van der Waals surface area contributed by atoms with Crippen LogP contribution < -0.4 is 9.64 Å². The summed E-state index contributed by atoms with van der Waals surface area (Å²) in [7, 11) is 0. The van der Waals surface area contributed by atoms with Crippen molar-refractivity contribution in [2.75, 3.05) is 18.1 Å². The average Bonchev–Trinajstić information content (AvgIpc) is 2.98. The lowest BCUT2D eigenvalue weighted by molar-refractivity contribution is -0.384. The number of carbonyl (C=O) groups is 1. The number of ether oxygens (including phenoxy) is 1. The van der Waals surface area contributed by atoms with E-state index in [1.54, 1.807) is 11.0 Å². The third-order valence-corrected chi connectivity index (χ3v) is 4.17. The summed E-state index contributed by atoms with van der Waals surface area (Å²) in [5.41, 5.74) is 3.57. The van der Waals surface area contributed by atoms with E-state index in [0.29, 0.717) is 24.4 Å². The summed E-state index contributed by atoms with van der Waals surface area (Å²) in [6, 6.07) is 10.5. The number of nitrogens with zero attached hydrogens (tertiary/aromatic N) is 2. The van der Waals surface area contributed by atoms with Gasteiger partial charge in [0.15, 0.2) is 6.61 Å². The molecule has 124 valence electrons. The van der Waals surface area contributed by atoms with Crippen molar-refractivity contribution in [2.24, 2.45) is 0 Å². The number of fused-ring (bicyclic) bond motifs is 1. The Kier molecular flexibility index (Phi) is 4.20. The molecule has 6 nitrogen and oxygen atoms in total. The lowest BCUT2D eigenvalue weighted by Gasteiger charge is -2.18. The molecule has 0 saturated carbocycles. The monoisotopic (exact) mass is 326 g/mol. The quantitative estimate of drug-likeness (QED) is 0.639. The zero-order chi connectivity index (χ0) is 17.3. The average molecular weight is 326 g/mol. The van der Waals surface area contributed by atoms with Gasteiger partial charge in [0, 0.05) is 18.7 Å². The van der Waals surface area contributed by atoms with E-state index >= 15 is 0 Å². The van der Waals surface area contributed by atoms with E-state index in [1.807, 2.05) is 32.0 Å². The van der Waals surface area contributed by atoms with Gasteiger partial charge in [-0.1, -0.05) is 18.2 Å². The molecule has 1 aliphatic heterocycles. The van der Waals surface area contributed by atoms with E-state index in [1.165, 1.54) is 12.1 Å². The van der Waals surface area contributed by atoms with Crippen LogP contribution in [0.3, 0.4) is 0 Å². The van der Waals surface area contributed by atoms with Crippen LogP contribution in [0.4, 0.5) is 11.4 Å². The first-order valence-electron chi connectivity index (χ1n) is 7.73. The van der Waals surface area contributed by atoms with Gasteiger partial charge in [-0.3, -0.25) is 14.9 Å². The maximum absolute atomic E-state index is 12.5. The van der Waals surface area contributed by atoms with Crippen LogP contribution in [0.15, 0.2) is 36.4 Å². The Labute approximate surface area is 139 Å². The number of benzene rings is 2. The summed E-state index contributed by atoms with van der Waals surface area (Å²) in [6.45, 7) is 4.32. The Bertz CT molecular complexity index is 817. The van der Waals surface area contributed by atoms with Crippen LogP contribution >= 0.6 is 0 Å². The van der Waals surface area contributed by atoms with E-state index in [0.717, 1.165) is 16.7 Å². The van der Waals surface area contributed by atoms with Crippen LogP contribution in [0.2, 0.25) is 0 Å². The summed E-state index contributed by atoms with van der Waals surface area (Å²) in [5.74, 6) is 0.483. The van der Waals surface area contributed by atoms with Crippen molar-refractivity contribution in [3.8, 4) is 5.75 Å². The minimum absolute atomic E-state index is 0.0103. The molecule has 0 saturated heterocycles. The molecule has 1 amide bonds. The van der Waals surface area contributed by atoms with E-state index < -0.39 is 4.92 Å². The zero-order valence-electron chi connectivity index (χ0n) is 13.6. The molecule has 0 spiro atoms. The molecule has 2 aromatic carbocycles. The molecule has 0 radical (unpaired) electrons. The number of aryl methyl sites for hydroxylation is 2. The number of hydrogen-bond donors (Lipinski definition) is 0. The van der Waals surface area contributed by atoms with Crippen molar-refractivity contribution in [1.82, 2.24) is 0 Å². The fourth-order valence-corrected chi connectivity index (χ4v) is 2.82. The minimum atomic E-state index is -0.451. The van der Waals surface area contributed by atoms with Gasteiger partial charge in [0.1, 0.15) is 5.75 Å². The van der Waals surface area contributed by atoms with Gasteiger partial charge < -0.3 is 9.64 Å². The van der Waals surface area contributed by atoms with Gasteiger partial charge in [-0.15, -0.1) is 0 Å². The van der Waals surface area contributed by atoms with Crippen LogP contribution in [0.25, 0.3) is 0 Å². The fourth-order valence-electron chi connectivity index (χ4n) is 2.82. The third-order valence-electron chi connectivity index (χ3n) is 4.17. The lowest BCUT2D eigenvalue weighted by atomic mass is 10.1. The number of amides is 1. The van der Waals surface area contributed by atoms with Crippen LogP contribution in [0.1, 0.15) is 16.7 Å². The molecule has 2 aromatic rings. The molecule has 0 bridgehead atoms. The molecule has 0 aliphatic carbocycles. The Morgan fingerprint density at radius 1 is 1.25 bits per heavy atom. The molecule has 24 heavy (non-hydrogen) atoms. The minimum Gasteiger partial charge on any atom is -0.483 e. The lowest BCUT2D eigenvalue weighted by Crippen LogP contribution is -2.33. The van der Waals surface area contributed by atoms with Crippen molar-refractivity contribution in [2.45, 2.75) is 20.3 Å². The number of nitro benzene ring substituents is 1. The van der Waals surface area contributed by atoms with E-state index in [9.17, 15) is 14.9 Å². The topological polar surface area (TPSA) is 72.7 Å². The Morgan fingerprint density at radius 2 is 2.04 bits per heavy atom. The second kappa shape index (κ2) is 6.31. The first kappa shape index (κ1) is 16.0. The van der Waals surface area contributed by atoms with E-state index in [4.69, 9.17) is 4.74 Å². The summed E-state index contributed by atoms with van der Waals surface area (Å²) in [4.78, 5) is 24.5. The predicted octanol–water partition coefficient (Wildman–Crippen LogP) is 3.18. The van der Waals surface area contributed by atoms with Crippen molar-refractivity contribution in [1.29, 1.82) is 0 Å². The summed E-state index contributed by atoms with van der Waals surface area (Å²) < 4.78 is 5.66. The van der Waals surface area contributed by atoms with Gasteiger partial charge >= 0.3 is 0 Å². The first-order valence-corrected chi connectivity index (χ1v) is 7.73. The second-order valence-electron chi connectivity index (χ2n) is 5.92. The van der Waals surface area contributed by atoms with Gasteiger partial charge in [0.2, 0.25) is 0 Å². The number of nitro groups is 1. The van der Waals surface area contributed by atoms with E-state index in [2.05, 4.69) is 0 Å². The van der Waals surface area contributed by atoms with Gasteiger partial charge in [-0.05, 0) is 43.0 Å². The number of carbonyl (C=O) groups excluding carboxylic acids is 1.